The summed E-state index contributed by atoms with van der Waals surface area (Å²) in [7, 11) is 2.08. The Kier molecular flexibility index (Phi) is 4.53. The summed E-state index contributed by atoms with van der Waals surface area (Å²) in [4.78, 5) is 2.22. The van der Waals surface area contributed by atoms with Gasteiger partial charge in [-0.05, 0) is 63.9 Å². The molecule has 0 heterocycles. The summed E-state index contributed by atoms with van der Waals surface area (Å²) in [6.45, 7) is 12.2. The van der Waals surface area contributed by atoms with Crippen molar-refractivity contribution in [1.29, 1.82) is 5.26 Å². The van der Waals surface area contributed by atoms with Gasteiger partial charge in [-0.1, -0.05) is 12.1 Å². The van der Waals surface area contributed by atoms with Crippen molar-refractivity contribution in [2.45, 2.75) is 41.2 Å². The fourth-order valence-electron chi connectivity index (χ4n) is 2.24. The van der Waals surface area contributed by atoms with Gasteiger partial charge in [-0.25, -0.2) is 0 Å². The van der Waals surface area contributed by atoms with Gasteiger partial charge in [0.1, 0.15) is 0 Å². The Morgan fingerprint density at radius 1 is 1.17 bits per heavy atom. The summed E-state index contributed by atoms with van der Waals surface area (Å²) in [5.74, 6) is 0. The second-order valence-electron chi connectivity index (χ2n) is 5.96. The van der Waals surface area contributed by atoms with E-state index >= 15 is 0 Å². The maximum Gasteiger partial charge on any atom is 0.0697 e. The van der Waals surface area contributed by atoms with Gasteiger partial charge in [-0.2, -0.15) is 5.26 Å². The van der Waals surface area contributed by atoms with E-state index in [2.05, 4.69) is 50.9 Å². The standard InChI is InChI=1S/C16H24N2/c1-12-7-8-15(14(3)13(12)2)9-18(6)11-16(4,5)10-17/h7-8H,9,11H2,1-6H3. The zero-order chi connectivity index (χ0) is 13.9. The minimum Gasteiger partial charge on any atom is -0.301 e. The molecular formula is C16H24N2. The predicted octanol–water partition coefficient (Wildman–Crippen LogP) is 3.59. The summed E-state index contributed by atoms with van der Waals surface area (Å²) < 4.78 is 0. The summed E-state index contributed by atoms with van der Waals surface area (Å²) in [5, 5.41) is 9.07. The van der Waals surface area contributed by atoms with Gasteiger partial charge in [0.15, 0.2) is 0 Å². The van der Waals surface area contributed by atoms with Gasteiger partial charge < -0.3 is 4.90 Å². The molecule has 0 amide bonds. The highest BCUT2D eigenvalue weighted by atomic mass is 15.1. The molecule has 0 atom stereocenters. The molecular weight excluding hydrogens is 220 g/mol. The van der Waals surface area contributed by atoms with E-state index in [0.29, 0.717) is 0 Å². The lowest BCUT2D eigenvalue weighted by atomic mass is 9.94. The zero-order valence-corrected chi connectivity index (χ0v) is 12.5. The molecule has 0 spiro atoms. The molecule has 18 heavy (non-hydrogen) atoms. The number of rotatable bonds is 4. The van der Waals surface area contributed by atoms with Crippen LogP contribution in [0.4, 0.5) is 0 Å². The molecule has 0 aliphatic rings. The lowest BCUT2D eigenvalue weighted by molar-refractivity contribution is 0.248. The molecule has 0 bridgehead atoms. The highest BCUT2D eigenvalue weighted by molar-refractivity contribution is 5.38. The summed E-state index contributed by atoms with van der Waals surface area (Å²) in [5.41, 5.74) is 5.16. The first-order chi connectivity index (χ1) is 8.26. The average Bonchev–Trinajstić information content (AvgIpc) is 2.29. The van der Waals surface area contributed by atoms with Crippen LogP contribution in [0.3, 0.4) is 0 Å². The van der Waals surface area contributed by atoms with E-state index in [1.165, 1.54) is 22.3 Å². The molecule has 2 nitrogen and oxygen atoms in total. The van der Waals surface area contributed by atoms with Crippen molar-refractivity contribution in [3.8, 4) is 6.07 Å². The van der Waals surface area contributed by atoms with E-state index in [1.54, 1.807) is 0 Å². The number of nitriles is 1. The largest absolute Gasteiger partial charge is 0.301 e. The molecule has 0 saturated heterocycles. The second-order valence-corrected chi connectivity index (χ2v) is 5.96. The molecule has 1 aromatic rings. The van der Waals surface area contributed by atoms with E-state index in [0.717, 1.165) is 13.1 Å². The third kappa shape index (κ3) is 3.58. The third-order valence-electron chi connectivity index (χ3n) is 3.58. The topological polar surface area (TPSA) is 27.0 Å². The summed E-state index contributed by atoms with van der Waals surface area (Å²) in [6, 6.07) is 6.73. The van der Waals surface area contributed by atoms with Crippen LogP contribution < -0.4 is 0 Å². The van der Waals surface area contributed by atoms with Crippen molar-refractivity contribution in [3.63, 3.8) is 0 Å². The summed E-state index contributed by atoms with van der Waals surface area (Å²) in [6.07, 6.45) is 0. The maximum atomic E-state index is 9.07. The predicted molar refractivity (Wildman–Crippen MR) is 76.4 cm³/mol. The van der Waals surface area contributed by atoms with Crippen LogP contribution in [0.2, 0.25) is 0 Å². The number of nitrogens with zero attached hydrogens (tertiary/aromatic N) is 2. The van der Waals surface area contributed by atoms with Crippen molar-refractivity contribution >= 4 is 0 Å². The molecule has 2 heteroatoms. The fraction of sp³-hybridized carbons (Fsp3) is 0.562. The van der Waals surface area contributed by atoms with Crippen LogP contribution in [0.25, 0.3) is 0 Å². The molecule has 0 aliphatic carbocycles. The van der Waals surface area contributed by atoms with Crippen LogP contribution in [-0.4, -0.2) is 18.5 Å². The Morgan fingerprint density at radius 3 is 2.33 bits per heavy atom. The molecule has 0 unspecified atom stereocenters. The molecule has 0 fully saturated rings. The average molecular weight is 244 g/mol. The van der Waals surface area contributed by atoms with Gasteiger partial charge >= 0.3 is 0 Å². The smallest absolute Gasteiger partial charge is 0.0697 e. The van der Waals surface area contributed by atoms with Gasteiger partial charge in [0.05, 0.1) is 11.5 Å². The van der Waals surface area contributed by atoms with E-state index in [1.807, 2.05) is 13.8 Å². The van der Waals surface area contributed by atoms with Crippen LogP contribution >= 0.6 is 0 Å². The molecule has 1 aromatic carbocycles. The van der Waals surface area contributed by atoms with Crippen molar-refractivity contribution in [3.05, 3.63) is 34.4 Å². The second kappa shape index (κ2) is 5.54. The monoisotopic (exact) mass is 244 g/mol. The van der Waals surface area contributed by atoms with Crippen LogP contribution in [0.1, 0.15) is 36.1 Å². The molecule has 98 valence electrons. The molecule has 0 N–H and O–H groups in total. The highest BCUT2D eigenvalue weighted by Crippen LogP contribution is 2.20. The Balaban J connectivity index is 2.81. The number of hydrogen-bond donors (Lipinski definition) is 0. The van der Waals surface area contributed by atoms with Crippen molar-refractivity contribution in [2.24, 2.45) is 5.41 Å². The molecule has 1 rings (SSSR count). The molecule has 0 saturated carbocycles. The van der Waals surface area contributed by atoms with Crippen molar-refractivity contribution < 1.29 is 0 Å². The van der Waals surface area contributed by atoms with E-state index in [9.17, 15) is 0 Å². The normalized spacial score (nSPS) is 11.7. The van der Waals surface area contributed by atoms with Crippen LogP contribution in [0.5, 0.6) is 0 Å². The van der Waals surface area contributed by atoms with Crippen molar-refractivity contribution in [1.82, 2.24) is 4.90 Å². The van der Waals surface area contributed by atoms with E-state index in [-0.39, 0.29) is 5.41 Å². The summed E-state index contributed by atoms with van der Waals surface area (Å²) >= 11 is 0. The van der Waals surface area contributed by atoms with E-state index < -0.39 is 0 Å². The minimum absolute atomic E-state index is 0.289. The van der Waals surface area contributed by atoms with Gasteiger partial charge in [-0.3, -0.25) is 0 Å². The first-order valence-corrected chi connectivity index (χ1v) is 6.42. The van der Waals surface area contributed by atoms with Crippen LogP contribution in [0, 0.1) is 37.5 Å². The lowest BCUT2D eigenvalue weighted by Gasteiger charge is -2.25. The van der Waals surface area contributed by atoms with Crippen LogP contribution in [-0.2, 0) is 6.54 Å². The Bertz CT molecular complexity index is 467. The number of aryl methyl sites for hydroxylation is 1. The lowest BCUT2D eigenvalue weighted by Crippen LogP contribution is -2.30. The van der Waals surface area contributed by atoms with E-state index in [4.69, 9.17) is 5.26 Å². The number of benzene rings is 1. The highest BCUT2D eigenvalue weighted by Gasteiger charge is 2.19. The zero-order valence-electron chi connectivity index (χ0n) is 12.5. The SMILES string of the molecule is Cc1ccc(CN(C)CC(C)(C)C#N)c(C)c1C. The molecule has 0 radical (unpaired) electrons. The Morgan fingerprint density at radius 2 is 1.78 bits per heavy atom. The Hall–Kier alpha value is -1.33. The minimum atomic E-state index is -0.289. The van der Waals surface area contributed by atoms with Crippen molar-refractivity contribution in [2.75, 3.05) is 13.6 Å². The van der Waals surface area contributed by atoms with Crippen LogP contribution in [0.15, 0.2) is 12.1 Å². The molecule has 0 aromatic heterocycles. The molecule has 0 aliphatic heterocycles. The van der Waals surface area contributed by atoms with Gasteiger partial charge in [-0.15, -0.1) is 0 Å². The quantitative estimate of drug-likeness (QED) is 0.809. The first kappa shape index (κ1) is 14.7. The van der Waals surface area contributed by atoms with Gasteiger partial charge in [0, 0.05) is 13.1 Å². The number of hydrogen-bond acceptors (Lipinski definition) is 2. The Labute approximate surface area is 111 Å². The maximum absolute atomic E-state index is 9.07. The third-order valence-corrected chi connectivity index (χ3v) is 3.58. The van der Waals surface area contributed by atoms with Gasteiger partial charge in [0.25, 0.3) is 0 Å². The van der Waals surface area contributed by atoms with Gasteiger partial charge in [0.2, 0.25) is 0 Å². The fourth-order valence-corrected chi connectivity index (χ4v) is 2.24. The first-order valence-electron chi connectivity index (χ1n) is 6.42.